The molecule has 14 heavy (non-hydrogen) atoms. The second-order valence-corrected chi connectivity index (χ2v) is 5.32. The van der Waals surface area contributed by atoms with Gasteiger partial charge >= 0.3 is 0 Å². The van der Waals surface area contributed by atoms with E-state index in [2.05, 4.69) is 5.32 Å². The maximum atomic E-state index is 11.5. The first-order valence-electron chi connectivity index (χ1n) is 4.75. The highest BCUT2D eigenvalue weighted by Gasteiger charge is 2.20. The molecule has 0 bridgehead atoms. The Morgan fingerprint density at radius 1 is 1.57 bits per heavy atom. The van der Waals surface area contributed by atoms with E-state index in [1.807, 2.05) is 0 Å². The van der Waals surface area contributed by atoms with Gasteiger partial charge in [0.15, 0.2) is 5.78 Å². The fraction of sp³-hybridized carbons (Fsp3) is 0.500. The van der Waals surface area contributed by atoms with E-state index in [1.165, 1.54) is 24.2 Å². The predicted octanol–water partition coefficient (Wildman–Crippen LogP) is 2.58. The fourth-order valence-electron chi connectivity index (χ4n) is 1.26. The van der Waals surface area contributed by atoms with Crippen LogP contribution in [0.3, 0.4) is 0 Å². The van der Waals surface area contributed by atoms with Crippen molar-refractivity contribution in [2.75, 3.05) is 13.1 Å². The summed E-state index contributed by atoms with van der Waals surface area (Å²) in [5, 5.41) is 3.17. The van der Waals surface area contributed by atoms with Crippen LogP contribution in [0.25, 0.3) is 0 Å². The van der Waals surface area contributed by atoms with Gasteiger partial charge in [-0.2, -0.15) is 0 Å². The van der Waals surface area contributed by atoms with Crippen molar-refractivity contribution in [1.82, 2.24) is 5.32 Å². The van der Waals surface area contributed by atoms with E-state index in [1.54, 1.807) is 12.1 Å². The summed E-state index contributed by atoms with van der Waals surface area (Å²) in [6.45, 7) is 1.41. The molecule has 1 N–H and O–H groups in total. The zero-order valence-electron chi connectivity index (χ0n) is 7.75. The smallest absolute Gasteiger partial charge is 0.186 e. The first kappa shape index (κ1) is 10.1. The molecule has 1 fully saturated rings. The lowest BCUT2D eigenvalue weighted by atomic mass is 10.3. The molecule has 0 radical (unpaired) electrons. The van der Waals surface area contributed by atoms with Gasteiger partial charge in [0.2, 0.25) is 0 Å². The molecule has 0 unspecified atom stereocenters. The predicted molar refractivity (Wildman–Crippen MR) is 59.3 cm³/mol. The minimum Gasteiger partial charge on any atom is -0.309 e. The number of rotatable bonds is 5. The van der Waals surface area contributed by atoms with Crippen LogP contribution in [-0.4, -0.2) is 18.9 Å². The second kappa shape index (κ2) is 4.43. The molecule has 1 aromatic heterocycles. The van der Waals surface area contributed by atoms with E-state index >= 15 is 0 Å². The summed E-state index contributed by atoms with van der Waals surface area (Å²) in [6.07, 6.45) is 2.62. The standard InChI is InChI=1S/C10H12ClNOS/c11-10-4-3-9(14-10)8(13)6-12-5-7-1-2-7/h3-4,7,12H,1-2,5-6H2. The van der Waals surface area contributed by atoms with Crippen LogP contribution in [0.2, 0.25) is 4.34 Å². The number of hydrogen-bond donors (Lipinski definition) is 1. The van der Waals surface area contributed by atoms with E-state index in [0.29, 0.717) is 10.9 Å². The number of thiophene rings is 1. The number of Topliss-reactive ketones (excluding diaryl/α,β-unsaturated/α-hetero) is 1. The molecule has 0 aromatic carbocycles. The van der Waals surface area contributed by atoms with Crippen molar-refractivity contribution in [2.45, 2.75) is 12.8 Å². The van der Waals surface area contributed by atoms with Crippen LogP contribution < -0.4 is 5.32 Å². The first-order valence-corrected chi connectivity index (χ1v) is 5.94. The van der Waals surface area contributed by atoms with Crippen LogP contribution >= 0.6 is 22.9 Å². The molecule has 1 heterocycles. The lowest BCUT2D eigenvalue weighted by molar-refractivity contribution is 0.0995. The number of halogens is 1. The molecule has 76 valence electrons. The van der Waals surface area contributed by atoms with Crippen molar-refractivity contribution in [2.24, 2.45) is 5.92 Å². The summed E-state index contributed by atoms with van der Waals surface area (Å²) in [6, 6.07) is 3.55. The van der Waals surface area contributed by atoms with Crippen molar-refractivity contribution in [3.63, 3.8) is 0 Å². The van der Waals surface area contributed by atoms with E-state index in [-0.39, 0.29) is 5.78 Å². The van der Waals surface area contributed by atoms with Gasteiger partial charge < -0.3 is 5.32 Å². The quantitative estimate of drug-likeness (QED) is 0.787. The summed E-state index contributed by atoms with van der Waals surface area (Å²) in [7, 11) is 0. The Balaban J connectivity index is 1.76. The number of ketones is 1. The van der Waals surface area contributed by atoms with Crippen LogP contribution in [0.1, 0.15) is 22.5 Å². The van der Waals surface area contributed by atoms with Gasteiger partial charge in [0, 0.05) is 0 Å². The summed E-state index contributed by atoms with van der Waals surface area (Å²) >= 11 is 7.09. The minimum atomic E-state index is 0.141. The van der Waals surface area contributed by atoms with E-state index < -0.39 is 0 Å². The zero-order chi connectivity index (χ0) is 9.97. The summed E-state index contributed by atoms with van der Waals surface area (Å²) < 4.78 is 0.676. The third-order valence-electron chi connectivity index (χ3n) is 2.26. The molecule has 2 nitrogen and oxygen atoms in total. The molecule has 0 saturated heterocycles. The number of nitrogens with one attached hydrogen (secondary N) is 1. The van der Waals surface area contributed by atoms with E-state index in [9.17, 15) is 4.79 Å². The van der Waals surface area contributed by atoms with Crippen LogP contribution in [0.4, 0.5) is 0 Å². The van der Waals surface area contributed by atoms with Crippen molar-refractivity contribution < 1.29 is 4.79 Å². The third kappa shape index (κ3) is 2.80. The Hall–Kier alpha value is -0.380. The molecule has 1 saturated carbocycles. The molecule has 1 aromatic rings. The van der Waals surface area contributed by atoms with Gasteiger partial charge in [-0.15, -0.1) is 11.3 Å². The van der Waals surface area contributed by atoms with Gasteiger partial charge in [-0.3, -0.25) is 4.79 Å². The number of carbonyl (C=O) groups excluding carboxylic acids is 1. The van der Waals surface area contributed by atoms with Crippen molar-refractivity contribution in [3.8, 4) is 0 Å². The van der Waals surface area contributed by atoms with E-state index in [0.717, 1.165) is 17.3 Å². The molecule has 2 rings (SSSR count). The highest BCUT2D eigenvalue weighted by molar-refractivity contribution is 7.18. The van der Waals surface area contributed by atoms with Gasteiger partial charge in [0.25, 0.3) is 0 Å². The van der Waals surface area contributed by atoms with Gasteiger partial charge in [0.1, 0.15) is 0 Å². The number of hydrogen-bond acceptors (Lipinski definition) is 3. The Morgan fingerprint density at radius 2 is 2.36 bits per heavy atom. The zero-order valence-corrected chi connectivity index (χ0v) is 9.33. The van der Waals surface area contributed by atoms with Gasteiger partial charge in [-0.05, 0) is 37.4 Å². The Kier molecular flexibility index (Phi) is 3.21. The van der Waals surface area contributed by atoms with Crippen LogP contribution in [0, 0.1) is 5.92 Å². The molecule has 0 aliphatic heterocycles. The van der Waals surface area contributed by atoms with E-state index in [4.69, 9.17) is 11.6 Å². The Morgan fingerprint density at radius 3 is 2.93 bits per heavy atom. The van der Waals surface area contributed by atoms with Gasteiger partial charge in [0.05, 0.1) is 15.8 Å². The molecule has 0 amide bonds. The monoisotopic (exact) mass is 229 g/mol. The number of carbonyl (C=O) groups is 1. The fourth-order valence-corrected chi connectivity index (χ4v) is 2.24. The molecular weight excluding hydrogens is 218 g/mol. The maximum Gasteiger partial charge on any atom is 0.186 e. The maximum absolute atomic E-state index is 11.5. The molecule has 0 spiro atoms. The summed E-state index contributed by atoms with van der Waals surface area (Å²) in [4.78, 5) is 12.3. The normalized spacial score (nSPS) is 15.8. The first-order chi connectivity index (χ1) is 6.75. The Bertz CT molecular complexity index is 333. The minimum absolute atomic E-state index is 0.141. The second-order valence-electron chi connectivity index (χ2n) is 3.60. The largest absolute Gasteiger partial charge is 0.309 e. The summed E-state index contributed by atoms with van der Waals surface area (Å²) in [5.41, 5.74) is 0. The molecule has 1 aliphatic carbocycles. The van der Waals surface area contributed by atoms with Crippen LogP contribution in [-0.2, 0) is 0 Å². The SMILES string of the molecule is O=C(CNCC1CC1)c1ccc(Cl)s1. The molecular formula is C10H12ClNOS. The molecule has 0 atom stereocenters. The highest BCUT2D eigenvalue weighted by Crippen LogP contribution is 2.27. The topological polar surface area (TPSA) is 29.1 Å². The van der Waals surface area contributed by atoms with Crippen LogP contribution in [0.15, 0.2) is 12.1 Å². The molecule has 4 heteroatoms. The third-order valence-corrected chi connectivity index (χ3v) is 3.54. The van der Waals surface area contributed by atoms with Crippen molar-refractivity contribution in [3.05, 3.63) is 21.3 Å². The average molecular weight is 230 g/mol. The van der Waals surface area contributed by atoms with Crippen molar-refractivity contribution in [1.29, 1.82) is 0 Å². The lowest BCUT2D eigenvalue weighted by Crippen LogP contribution is -2.24. The Labute approximate surface area is 92.3 Å². The van der Waals surface area contributed by atoms with Gasteiger partial charge in [-0.25, -0.2) is 0 Å². The highest BCUT2D eigenvalue weighted by atomic mass is 35.5. The summed E-state index contributed by atoms with van der Waals surface area (Å²) in [5.74, 6) is 0.956. The molecule has 1 aliphatic rings. The average Bonchev–Trinajstić information content (AvgIpc) is 2.87. The van der Waals surface area contributed by atoms with Crippen LogP contribution in [0.5, 0.6) is 0 Å². The lowest BCUT2D eigenvalue weighted by Gasteiger charge is -2.00. The van der Waals surface area contributed by atoms with Gasteiger partial charge in [-0.1, -0.05) is 11.6 Å². The van der Waals surface area contributed by atoms with Crippen molar-refractivity contribution >= 4 is 28.7 Å².